The summed E-state index contributed by atoms with van der Waals surface area (Å²) in [5.41, 5.74) is 8.04. The maximum atomic E-state index is 6.06. The lowest BCUT2D eigenvalue weighted by molar-refractivity contribution is 1.53. The molecule has 0 amide bonds. The van der Waals surface area contributed by atoms with Crippen molar-refractivity contribution in [1.82, 2.24) is 0 Å². The van der Waals surface area contributed by atoms with Crippen molar-refractivity contribution in [2.24, 2.45) is 0 Å². The van der Waals surface area contributed by atoms with Crippen LogP contribution in [0.5, 0.6) is 0 Å². The molecule has 0 heterocycles. The molecule has 0 fully saturated rings. The highest BCUT2D eigenvalue weighted by molar-refractivity contribution is 9.10. The molecule has 0 unspecified atom stereocenters. The number of nitrogen functional groups attached to an aromatic ring is 1. The smallest absolute Gasteiger partial charge is 0.0642 e. The first-order valence-corrected chi connectivity index (χ1v) is 6.38. The molecule has 5 heteroatoms. The van der Waals surface area contributed by atoms with Gasteiger partial charge < -0.3 is 11.1 Å². The number of hydrogen-bond donors (Lipinski definition) is 2. The topological polar surface area (TPSA) is 38.0 Å². The van der Waals surface area contributed by atoms with Gasteiger partial charge in [-0.3, -0.25) is 0 Å². The molecule has 2 aromatic carbocycles. The van der Waals surface area contributed by atoms with Crippen LogP contribution in [0, 0.1) is 0 Å². The van der Waals surface area contributed by atoms with E-state index in [0.717, 1.165) is 15.8 Å². The minimum atomic E-state index is 0.594. The van der Waals surface area contributed by atoms with Crippen LogP contribution in [-0.2, 0) is 0 Å². The number of nitrogens with one attached hydrogen (secondary N) is 1. The molecule has 0 aliphatic carbocycles. The Hall–Kier alpha value is -0.900. The van der Waals surface area contributed by atoms with Gasteiger partial charge in [0.15, 0.2) is 0 Å². The van der Waals surface area contributed by atoms with E-state index in [2.05, 4.69) is 21.2 Å². The van der Waals surface area contributed by atoms with E-state index in [9.17, 15) is 0 Å². The third kappa shape index (κ3) is 3.06. The van der Waals surface area contributed by atoms with E-state index in [1.54, 1.807) is 18.2 Å². The van der Waals surface area contributed by atoms with Gasteiger partial charge >= 0.3 is 0 Å². The lowest BCUT2D eigenvalue weighted by Crippen LogP contribution is -1.96. The highest BCUT2D eigenvalue weighted by Gasteiger charge is 2.04. The second-order valence-corrected chi connectivity index (χ2v) is 5.24. The minimum Gasteiger partial charge on any atom is -0.397 e. The first-order valence-electron chi connectivity index (χ1n) is 4.83. The van der Waals surface area contributed by atoms with E-state index < -0.39 is 0 Å². The van der Waals surface area contributed by atoms with Crippen molar-refractivity contribution in [3.63, 3.8) is 0 Å². The lowest BCUT2D eigenvalue weighted by Gasteiger charge is -2.11. The summed E-state index contributed by atoms with van der Waals surface area (Å²) < 4.78 is 0.928. The molecule has 0 aliphatic rings. The number of anilines is 3. The van der Waals surface area contributed by atoms with Crippen molar-refractivity contribution < 1.29 is 0 Å². The SMILES string of the molecule is Nc1cc(Br)ccc1Nc1cc(Cl)ccc1Cl. The molecule has 0 aliphatic heterocycles. The lowest BCUT2D eigenvalue weighted by atomic mass is 10.2. The fourth-order valence-corrected chi connectivity index (χ4v) is 2.10. The summed E-state index contributed by atoms with van der Waals surface area (Å²) in [6.07, 6.45) is 0. The first kappa shape index (κ1) is 12.6. The summed E-state index contributed by atoms with van der Waals surface area (Å²) in [5.74, 6) is 0. The van der Waals surface area contributed by atoms with Gasteiger partial charge in [0.25, 0.3) is 0 Å². The Morgan fingerprint density at radius 3 is 2.47 bits per heavy atom. The Bertz CT molecular complexity index is 558. The molecule has 88 valence electrons. The van der Waals surface area contributed by atoms with Crippen LogP contribution >= 0.6 is 39.1 Å². The summed E-state index contributed by atoms with van der Waals surface area (Å²) in [6.45, 7) is 0. The van der Waals surface area contributed by atoms with Crippen LogP contribution in [0.25, 0.3) is 0 Å². The van der Waals surface area contributed by atoms with E-state index in [4.69, 9.17) is 28.9 Å². The molecule has 3 N–H and O–H groups in total. The fraction of sp³-hybridized carbons (Fsp3) is 0. The van der Waals surface area contributed by atoms with E-state index in [1.165, 1.54) is 0 Å². The van der Waals surface area contributed by atoms with Gasteiger partial charge in [0.1, 0.15) is 0 Å². The van der Waals surface area contributed by atoms with E-state index >= 15 is 0 Å². The molecule has 2 nitrogen and oxygen atoms in total. The maximum Gasteiger partial charge on any atom is 0.0642 e. The number of rotatable bonds is 2. The third-order valence-corrected chi connectivity index (χ3v) is 3.27. The van der Waals surface area contributed by atoms with Gasteiger partial charge in [-0.25, -0.2) is 0 Å². The zero-order valence-corrected chi connectivity index (χ0v) is 11.8. The van der Waals surface area contributed by atoms with E-state index in [1.807, 2.05) is 18.2 Å². The summed E-state index contributed by atoms with van der Waals surface area (Å²) in [6, 6.07) is 10.8. The van der Waals surface area contributed by atoms with Gasteiger partial charge in [-0.05, 0) is 36.4 Å². The van der Waals surface area contributed by atoms with Crippen molar-refractivity contribution in [2.45, 2.75) is 0 Å². The average molecular weight is 332 g/mol. The molecule has 0 radical (unpaired) electrons. The van der Waals surface area contributed by atoms with Gasteiger partial charge in [0, 0.05) is 9.50 Å². The molecule has 2 rings (SSSR count). The zero-order valence-electron chi connectivity index (χ0n) is 8.68. The third-order valence-electron chi connectivity index (χ3n) is 2.21. The van der Waals surface area contributed by atoms with Crippen LogP contribution in [0.2, 0.25) is 10.0 Å². The molecular formula is C12H9BrCl2N2. The fourth-order valence-electron chi connectivity index (χ4n) is 1.39. The quantitative estimate of drug-likeness (QED) is 0.753. The van der Waals surface area contributed by atoms with Crippen molar-refractivity contribution >= 4 is 56.2 Å². The highest BCUT2D eigenvalue weighted by Crippen LogP contribution is 2.31. The largest absolute Gasteiger partial charge is 0.397 e. The predicted octanol–water partition coefficient (Wildman–Crippen LogP) is 5.08. The Morgan fingerprint density at radius 2 is 1.76 bits per heavy atom. The molecule has 0 saturated carbocycles. The normalized spacial score (nSPS) is 10.3. The molecule has 17 heavy (non-hydrogen) atoms. The Morgan fingerprint density at radius 1 is 1.00 bits per heavy atom. The monoisotopic (exact) mass is 330 g/mol. The maximum absolute atomic E-state index is 6.06. The van der Waals surface area contributed by atoms with Gasteiger partial charge in [0.05, 0.1) is 22.1 Å². The summed E-state index contributed by atoms with van der Waals surface area (Å²) in [5, 5.41) is 4.36. The van der Waals surface area contributed by atoms with Crippen molar-refractivity contribution in [3.05, 3.63) is 50.9 Å². The van der Waals surface area contributed by atoms with Gasteiger partial charge in [-0.2, -0.15) is 0 Å². The number of nitrogens with two attached hydrogens (primary N) is 1. The van der Waals surface area contributed by atoms with Crippen molar-refractivity contribution in [2.75, 3.05) is 11.1 Å². The average Bonchev–Trinajstić information content (AvgIpc) is 2.27. The summed E-state index contributed by atoms with van der Waals surface area (Å²) in [4.78, 5) is 0. The minimum absolute atomic E-state index is 0.594. The zero-order chi connectivity index (χ0) is 12.4. The second kappa shape index (κ2) is 5.17. The number of halogens is 3. The molecule has 2 aromatic rings. The van der Waals surface area contributed by atoms with Crippen LogP contribution in [-0.4, -0.2) is 0 Å². The van der Waals surface area contributed by atoms with Crippen LogP contribution in [0.1, 0.15) is 0 Å². The molecule has 0 aromatic heterocycles. The number of hydrogen-bond acceptors (Lipinski definition) is 2. The van der Waals surface area contributed by atoms with Crippen LogP contribution < -0.4 is 11.1 Å². The van der Waals surface area contributed by atoms with E-state index in [0.29, 0.717) is 15.7 Å². The van der Waals surface area contributed by atoms with Gasteiger partial charge in [-0.1, -0.05) is 39.1 Å². The standard InChI is InChI=1S/C12H9BrCl2N2/c13-7-1-4-11(10(16)5-7)17-12-6-8(14)2-3-9(12)15/h1-6,17H,16H2. The highest BCUT2D eigenvalue weighted by atomic mass is 79.9. The molecule has 0 atom stereocenters. The molecule has 0 spiro atoms. The second-order valence-electron chi connectivity index (χ2n) is 3.48. The van der Waals surface area contributed by atoms with E-state index in [-0.39, 0.29) is 0 Å². The molecule has 0 bridgehead atoms. The van der Waals surface area contributed by atoms with Crippen molar-refractivity contribution in [1.29, 1.82) is 0 Å². The summed E-state index contributed by atoms with van der Waals surface area (Å²) in [7, 11) is 0. The van der Waals surface area contributed by atoms with Gasteiger partial charge in [-0.15, -0.1) is 0 Å². The van der Waals surface area contributed by atoms with Crippen LogP contribution in [0.3, 0.4) is 0 Å². The number of benzene rings is 2. The van der Waals surface area contributed by atoms with Gasteiger partial charge in [0.2, 0.25) is 0 Å². The van der Waals surface area contributed by atoms with Crippen molar-refractivity contribution in [3.8, 4) is 0 Å². The predicted molar refractivity (Wildman–Crippen MR) is 78.3 cm³/mol. The first-order chi connectivity index (χ1) is 8.06. The van der Waals surface area contributed by atoms with Crippen LogP contribution in [0.15, 0.2) is 40.9 Å². The Balaban J connectivity index is 2.34. The van der Waals surface area contributed by atoms with Crippen LogP contribution in [0.4, 0.5) is 17.1 Å². The summed E-state index contributed by atoms with van der Waals surface area (Å²) >= 11 is 15.3. The molecule has 0 saturated heterocycles. The Labute approximate surface area is 118 Å². The Kier molecular flexibility index (Phi) is 3.82. The molecular weight excluding hydrogens is 323 g/mol.